The van der Waals surface area contributed by atoms with Crippen molar-refractivity contribution >= 4 is 29.3 Å². The summed E-state index contributed by atoms with van der Waals surface area (Å²) in [5.41, 5.74) is 2.22. The van der Waals surface area contributed by atoms with E-state index in [-0.39, 0.29) is 19.1 Å². The molecule has 1 aliphatic rings. The van der Waals surface area contributed by atoms with Crippen molar-refractivity contribution in [3.05, 3.63) is 53.6 Å². The van der Waals surface area contributed by atoms with Gasteiger partial charge in [-0.1, -0.05) is 17.7 Å². The first-order chi connectivity index (χ1) is 11.6. The summed E-state index contributed by atoms with van der Waals surface area (Å²) in [6.45, 7) is 2.45. The SMILES string of the molecule is Cc1ccc(OCCOC(=O)c2ccc3c(c2)NC(=O)CS3)cc1. The summed E-state index contributed by atoms with van der Waals surface area (Å²) in [7, 11) is 0. The van der Waals surface area contributed by atoms with Gasteiger partial charge >= 0.3 is 5.97 Å². The fraction of sp³-hybridized carbons (Fsp3) is 0.222. The quantitative estimate of drug-likeness (QED) is 0.667. The first-order valence-corrected chi connectivity index (χ1v) is 8.54. The molecule has 0 aliphatic carbocycles. The van der Waals surface area contributed by atoms with Crippen molar-refractivity contribution in [2.45, 2.75) is 11.8 Å². The highest BCUT2D eigenvalue weighted by Crippen LogP contribution is 2.32. The minimum Gasteiger partial charge on any atom is -0.490 e. The Bertz CT molecular complexity index is 758. The molecule has 1 amide bonds. The predicted molar refractivity (Wildman–Crippen MR) is 92.8 cm³/mol. The van der Waals surface area contributed by atoms with E-state index in [0.29, 0.717) is 17.0 Å². The van der Waals surface area contributed by atoms with E-state index >= 15 is 0 Å². The number of benzene rings is 2. The van der Waals surface area contributed by atoms with Gasteiger partial charge < -0.3 is 14.8 Å². The van der Waals surface area contributed by atoms with Crippen molar-refractivity contribution in [3.63, 3.8) is 0 Å². The van der Waals surface area contributed by atoms with Crippen LogP contribution in [0.4, 0.5) is 5.69 Å². The van der Waals surface area contributed by atoms with Crippen molar-refractivity contribution in [1.29, 1.82) is 0 Å². The number of hydrogen-bond acceptors (Lipinski definition) is 5. The lowest BCUT2D eigenvalue weighted by molar-refractivity contribution is -0.113. The number of hydrogen-bond donors (Lipinski definition) is 1. The number of rotatable bonds is 5. The first-order valence-electron chi connectivity index (χ1n) is 7.55. The van der Waals surface area contributed by atoms with Gasteiger partial charge in [0.15, 0.2) is 0 Å². The third-order valence-electron chi connectivity index (χ3n) is 3.45. The van der Waals surface area contributed by atoms with Crippen LogP contribution in [0, 0.1) is 6.92 Å². The van der Waals surface area contributed by atoms with Gasteiger partial charge in [0.25, 0.3) is 0 Å². The van der Waals surface area contributed by atoms with E-state index in [2.05, 4.69) is 5.32 Å². The van der Waals surface area contributed by atoms with Crippen LogP contribution in [-0.2, 0) is 9.53 Å². The van der Waals surface area contributed by atoms with Crippen molar-refractivity contribution in [3.8, 4) is 5.75 Å². The second kappa shape index (κ2) is 7.40. The van der Waals surface area contributed by atoms with Crippen molar-refractivity contribution < 1.29 is 19.1 Å². The molecule has 0 saturated carbocycles. The minimum atomic E-state index is -0.435. The Morgan fingerprint density at radius 3 is 2.75 bits per heavy atom. The van der Waals surface area contributed by atoms with Crippen LogP contribution < -0.4 is 10.1 Å². The maximum absolute atomic E-state index is 12.1. The van der Waals surface area contributed by atoms with E-state index < -0.39 is 5.97 Å². The van der Waals surface area contributed by atoms with Gasteiger partial charge in [-0.05, 0) is 37.3 Å². The highest BCUT2D eigenvalue weighted by atomic mass is 32.2. The lowest BCUT2D eigenvalue weighted by Crippen LogP contribution is -2.19. The van der Waals surface area contributed by atoms with Crippen molar-refractivity contribution in [1.82, 2.24) is 0 Å². The van der Waals surface area contributed by atoms with E-state index in [1.165, 1.54) is 11.8 Å². The van der Waals surface area contributed by atoms with Gasteiger partial charge in [0, 0.05) is 4.90 Å². The van der Waals surface area contributed by atoms with Gasteiger partial charge in [-0.2, -0.15) is 0 Å². The molecule has 5 nitrogen and oxygen atoms in total. The van der Waals surface area contributed by atoms with E-state index in [1.807, 2.05) is 37.3 Å². The van der Waals surface area contributed by atoms with Gasteiger partial charge in [-0.3, -0.25) is 4.79 Å². The zero-order valence-corrected chi connectivity index (χ0v) is 14.0. The Balaban J connectivity index is 1.51. The summed E-state index contributed by atoms with van der Waals surface area (Å²) in [5, 5.41) is 2.76. The molecular formula is C18H17NO4S. The summed E-state index contributed by atoms with van der Waals surface area (Å²) in [4.78, 5) is 24.4. The smallest absolute Gasteiger partial charge is 0.338 e. The molecule has 0 aromatic heterocycles. The Kier molecular flexibility index (Phi) is 5.05. The third-order valence-corrected chi connectivity index (χ3v) is 4.53. The van der Waals surface area contributed by atoms with Crippen molar-refractivity contribution in [2.24, 2.45) is 0 Å². The fourth-order valence-electron chi connectivity index (χ4n) is 2.22. The Morgan fingerprint density at radius 1 is 1.17 bits per heavy atom. The maximum atomic E-state index is 12.1. The molecule has 1 aliphatic heterocycles. The van der Waals surface area contributed by atoms with Gasteiger partial charge in [0.1, 0.15) is 19.0 Å². The normalized spacial score (nSPS) is 13.0. The summed E-state index contributed by atoms with van der Waals surface area (Å²) >= 11 is 1.45. The zero-order chi connectivity index (χ0) is 16.9. The molecule has 2 aromatic carbocycles. The number of ether oxygens (including phenoxy) is 2. The molecule has 24 heavy (non-hydrogen) atoms. The van der Waals surface area contributed by atoms with Crippen LogP contribution in [0.5, 0.6) is 5.75 Å². The standard InChI is InChI=1S/C18H17NO4S/c1-12-2-5-14(6-3-12)22-8-9-23-18(21)13-4-7-16-15(10-13)19-17(20)11-24-16/h2-7,10H,8-9,11H2,1H3,(H,19,20). The monoisotopic (exact) mass is 343 g/mol. The summed E-state index contributed by atoms with van der Waals surface area (Å²) in [6.07, 6.45) is 0. The molecule has 6 heteroatoms. The molecule has 0 unspecified atom stereocenters. The second-order valence-corrected chi connectivity index (χ2v) is 6.36. The van der Waals surface area contributed by atoms with E-state index in [0.717, 1.165) is 16.2 Å². The summed E-state index contributed by atoms with van der Waals surface area (Å²) < 4.78 is 10.7. The van der Waals surface area contributed by atoms with Crippen LogP contribution in [0.3, 0.4) is 0 Å². The Labute approximate surface area is 144 Å². The number of esters is 1. The van der Waals surface area contributed by atoms with Gasteiger partial charge in [-0.25, -0.2) is 4.79 Å². The molecule has 0 saturated heterocycles. The Morgan fingerprint density at radius 2 is 1.96 bits per heavy atom. The number of carbonyl (C=O) groups excluding carboxylic acids is 2. The van der Waals surface area contributed by atoms with E-state index in [1.54, 1.807) is 12.1 Å². The molecule has 1 heterocycles. The second-order valence-electron chi connectivity index (χ2n) is 5.35. The molecule has 0 fully saturated rings. The van der Waals surface area contributed by atoms with Crippen LogP contribution >= 0.6 is 11.8 Å². The summed E-state index contributed by atoms with van der Waals surface area (Å²) in [6, 6.07) is 12.8. The van der Waals surface area contributed by atoms with E-state index in [4.69, 9.17) is 9.47 Å². The van der Waals surface area contributed by atoms with Gasteiger partial charge in [-0.15, -0.1) is 11.8 Å². The highest BCUT2D eigenvalue weighted by molar-refractivity contribution is 8.00. The van der Waals surface area contributed by atoms with Gasteiger partial charge in [0.2, 0.25) is 5.91 Å². The lowest BCUT2D eigenvalue weighted by Gasteiger charge is -2.16. The predicted octanol–water partition coefficient (Wildman–Crippen LogP) is 3.28. The molecule has 124 valence electrons. The zero-order valence-electron chi connectivity index (χ0n) is 13.2. The van der Waals surface area contributed by atoms with Crippen molar-refractivity contribution in [2.75, 3.05) is 24.3 Å². The topological polar surface area (TPSA) is 64.6 Å². The average molecular weight is 343 g/mol. The molecule has 3 rings (SSSR count). The molecular weight excluding hydrogens is 326 g/mol. The average Bonchev–Trinajstić information content (AvgIpc) is 2.59. The number of nitrogens with one attached hydrogen (secondary N) is 1. The van der Waals surface area contributed by atoms with Crippen LogP contribution in [0.2, 0.25) is 0 Å². The number of anilines is 1. The molecule has 2 aromatic rings. The number of fused-ring (bicyclic) bond motifs is 1. The lowest BCUT2D eigenvalue weighted by atomic mass is 10.2. The molecule has 0 bridgehead atoms. The van der Waals surface area contributed by atoms with Crippen LogP contribution in [0.1, 0.15) is 15.9 Å². The van der Waals surface area contributed by atoms with Crippen LogP contribution in [0.15, 0.2) is 47.4 Å². The molecule has 1 N–H and O–H groups in total. The minimum absolute atomic E-state index is 0.0653. The first kappa shape index (κ1) is 16.4. The molecule has 0 radical (unpaired) electrons. The summed E-state index contributed by atoms with van der Waals surface area (Å²) in [5.74, 6) is 0.637. The molecule has 0 spiro atoms. The number of aryl methyl sites for hydroxylation is 1. The maximum Gasteiger partial charge on any atom is 0.338 e. The van der Waals surface area contributed by atoms with Crippen LogP contribution in [-0.4, -0.2) is 30.8 Å². The number of thioether (sulfide) groups is 1. The van der Waals surface area contributed by atoms with Gasteiger partial charge in [0.05, 0.1) is 17.0 Å². The largest absolute Gasteiger partial charge is 0.490 e. The molecule has 0 atom stereocenters. The number of carbonyl (C=O) groups is 2. The third kappa shape index (κ3) is 4.08. The highest BCUT2D eigenvalue weighted by Gasteiger charge is 2.17. The van der Waals surface area contributed by atoms with Crippen LogP contribution in [0.25, 0.3) is 0 Å². The fourth-order valence-corrected chi connectivity index (χ4v) is 3.01. The van der Waals surface area contributed by atoms with E-state index in [9.17, 15) is 9.59 Å². The Hall–Kier alpha value is -2.47. The number of amides is 1.